The van der Waals surface area contributed by atoms with Crippen LogP contribution in [0.1, 0.15) is 20.8 Å². The SMILES string of the molecule is CC(C)C(C)NC(=O)CSc1nnnn1-c1ccc(Cl)cc1. The molecule has 6 nitrogen and oxygen atoms in total. The van der Waals surface area contributed by atoms with Gasteiger partial charge in [0.15, 0.2) is 0 Å². The lowest BCUT2D eigenvalue weighted by Crippen LogP contribution is -2.37. The van der Waals surface area contributed by atoms with Crippen molar-refractivity contribution in [3.63, 3.8) is 0 Å². The lowest BCUT2D eigenvalue weighted by atomic mass is 10.1. The van der Waals surface area contributed by atoms with Gasteiger partial charge >= 0.3 is 0 Å². The van der Waals surface area contributed by atoms with E-state index in [4.69, 9.17) is 11.6 Å². The van der Waals surface area contributed by atoms with Crippen molar-refractivity contribution in [2.75, 3.05) is 5.75 Å². The van der Waals surface area contributed by atoms with E-state index in [1.54, 1.807) is 16.8 Å². The predicted molar refractivity (Wildman–Crippen MR) is 87.3 cm³/mol. The van der Waals surface area contributed by atoms with Crippen LogP contribution in [0, 0.1) is 5.92 Å². The molecule has 0 bridgehead atoms. The maximum Gasteiger partial charge on any atom is 0.230 e. The third-order valence-corrected chi connectivity index (χ3v) is 4.40. The Kier molecular flexibility index (Phi) is 5.79. The van der Waals surface area contributed by atoms with E-state index < -0.39 is 0 Å². The molecule has 0 fully saturated rings. The van der Waals surface area contributed by atoms with E-state index in [-0.39, 0.29) is 17.7 Å². The highest BCUT2D eigenvalue weighted by Crippen LogP contribution is 2.19. The Balaban J connectivity index is 1.99. The fourth-order valence-electron chi connectivity index (χ4n) is 1.61. The van der Waals surface area contributed by atoms with Crippen LogP contribution in [-0.4, -0.2) is 37.9 Å². The van der Waals surface area contributed by atoms with Crippen molar-refractivity contribution in [2.24, 2.45) is 5.92 Å². The van der Waals surface area contributed by atoms with Gasteiger partial charge in [-0.25, -0.2) is 0 Å². The van der Waals surface area contributed by atoms with Crippen LogP contribution in [0.15, 0.2) is 29.4 Å². The Hall–Kier alpha value is -1.60. The molecule has 8 heteroatoms. The molecule has 1 amide bonds. The van der Waals surface area contributed by atoms with Crippen molar-refractivity contribution in [1.82, 2.24) is 25.5 Å². The van der Waals surface area contributed by atoms with Crippen LogP contribution in [0.4, 0.5) is 0 Å². The van der Waals surface area contributed by atoms with Crippen molar-refractivity contribution in [3.05, 3.63) is 29.3 Å². The van der Waals surface area contributed by atoms with Gasteiger partial charge in [0, 0.05) is 11.1 Å². The van der Waals surface area contributed by atoms with Gasteiger partial charge in [-0.05, 0) is 47.5 Å². The number of nitrogens with zero attached hydrogens (tertiary/aromatic N) is 4. The quantitative estimate of drug-likeness (QED) is 0.819. The zero-order chi connectivity index (χ0) is 16.1. The largest absolute Gasteiger partial charge is 0.353 e. The van der Waals surface area contributed by atoms with E-state index in [9.17, 15) is 4.79 Å². The first kappa shape index (κ1) is 16.8. The third kappa shape index (κ3) is 4.45. The van der Waals surface area contributed by atoms with E-state index >= 15 is 0 Å². The van der Waals surface area contributed by atoms with Gasteiger partial charge in [0.05, 0.1) is 11.4 Å². The van der Waals surface area contributed by atoms with E-state index in [0.29, 0.717) is 16.1 Å². The molecule has 0 radical (unpaired) electrons. The third-order valence-electron chi connectivity index (χ3n) is 3.23. The van der Waals surface area contributed by atoms with Crippen LogP contribution < -0.4 is 5.32 Å². The number of tetrazole rings is 1. The fourth-order valence-corrected chi connectivity index (χ4v) is 2.43. The van der Waals surface area contributed by atoms with Gasteiger partial charge in [0.25, 0.3) is 0 Å². The van der Waals surface area contributed by atoms with Crippen LogP contribution >= 0.6 is 23.4 Å². The summed E-state index contributed by atoms with van der Waals surface area (Å²) in [6.07, 6.45) is 0. The number of rotatable bonds is 6. The number of carbonyl (C=O) groups is 1. The van der Waals surface area contributed by atoms with E-state index in [2.05, 4.69) is 34.7 Å². The first-order valence-corrected chi connectivity index (χ1v) is 8.30. The number of aromatic nitrogens is 4. The number of nitrogens with one attached hydrogen (secondary N) is 1. The summed E-state index contributed by atoms with van der Waals surface area (Å²) in [7, 11) is 0. The Bertz CT molecular complexity index is 628. The normalized spacial score (nSPS) is 12.4. The summed E-state index contributed by atoms with van der Waals surface area (Å²) in [6.45, 7) is 6.13. The van der Waals surface area contributed by atoms with Gasteiger partial charge in [0.1, 0.15) is 0 Å². The summed E-state index contributed by atoms with van der Waals surface area (Å²) in [4.78, 5) is 11.9. The minimum Gasteiger partial charge on any atom is -0.353 e. The summed E-state index contributed by atoms with van der Waals surface area (Å²) in [5, 5.41) is 15.7. The molecule has 2 rings (SSSR count). The number of halogens is 1. The summed E-state index contributed by atoms with van der Waals surface area (Å²) in [5.74, 6) is 0.635. The van der Waals surface area contributed by atoms with E-state index in [1.807, 2.05) is 19.1 Å². The van der Waals surface area contributed by atoms with Crippen LogP contribution in [-0.2, 0) is 4.79 Å². The van der Waals surface area contributed by atoms with Gasteiger partial charge in [-0.3, -0.25) is 4.79 Å². The van der Waals surface area contributed by atoms with Crippen LogP contribution in [0.5, 0.6) is 0 Å². The Labute approximate surface area is 138 Å². The summed E-state index contributed by atoms with van der Waals surface area (Å²) >= 11 is 7.17. The molecular formula is C14H18ClN5OS. The molecule has 1 unspecified atom stereocenters. The molecule has 0 aliphatic carbocycles. The topological polar surface area (TPSA) is 72.7 Å². The first-order valence-electron chi connectivity index (χ1n) is 6.94. The molecule has 0 saturated heterocycles. The smallest absolute Gasteiger partial charge is 0.230 e. The Morgan fingerprint density at radius 1 is 1.32 bits per heavy atom. The second-order valence-electron chi connectivity index (χ2n) is 5.24. The lowest BCUT2D eigenvalue weighted by molar-refractivity contribution is -0.119. The minimum absolute atomic E-state index is 0.0307. The zero-order valence-corrected chi connectivity index (χ0v) is 14.2. The molecule has 0 aliphatic heterocycles. The molecule has 0 spiro atoms. The Morgan fingerprint density at radius 3 is 2.64 bits per heavy atom. The standard InChI is InChI=1S/C14H18ClN5OS/c1-9(2)10(3)16-13(21)8-22-14-17-18-19-20(14)12-6-4-11(15)5-7-12/h4-7,9-10H,8H2,1-3H3,(H,16,21). The number of amides is 1. The number of thioether (sulfide) groups is 1. The molecule has 1 aromatic heterocycles. The van der Waals surface area contributed by atoms with Gasteiger partial charge in [0.2, 0.25) is 11.1 Å². The monoisotopic (exact) mass is 339 g/mol. The van der Waals surface area contributed by atoms with Gasteiger partial charge in [-0.2, -0.15) is 4.68 Å². The van der Waals surface area contributed by atoms with Crippen LogP contribution in [0.2, 0.25) is 5.02 Å². The molecule has 1 aromatic carbocycles. The van der Waals surface area contributed by atoms with Crippen molar-refractivity contribution in [2.45, 2.75) is 32.0 Å². The van der Waals surface area contributed by atoms with E-state index in [1.165, 1.54) is 11.8 Å². The van der Waals surface area contributed by atoms with Gasteiger partial charge in [-0.15, -0.1) is 5.10 Å². The zero-order valence-electron chi connectivity index (χ0n) is 12.7. The highest BCUT2D eigenvalue weighted by molar-refractivity contribution is 7.99. The molecule has 1 heterocycles. The average Bonchev–Trinajstić information content (AvgIpc) is 2.94. The number of hydrogen-bond donors (Lipinski definition) is 1. The van der Waals surface area contributed by atoms with Crippen molar-refractivity contribution in [1.29, 1.82) is 0 Å². The highest BCUT2D eigenvalue weighted by atomic mass is 35.5. The van der Waals surface area contributed by atoms with Crippen molar-refractivity contribution < 1.29 is 4.79 Å². The fraction of sp³-hybridized carbons (Fsp3) is 0.429. The van der Waals surface area contributed by atoms with Gasteiger partial charge < -0.3 is 5.32 Å². The van der Waals surface area contributed by atoms with E-state index in [0.717, 1.165) is 5.69 Å². The maximum atomic E-state index is 11.9. The Morgan fingerprint density at radius 2 is 2.00 bits per heavy atom. The minimum atomic E-state index is -0.0307. The second-order valence-corrected chi connectivity index (χ2v) is 6.62. The lowest BCUT2D eigenvalue weighted by Gasteiger charge is -2.17. The maximum absolute atomic E-state index is 11.9. The first-order chi connectivity index (χ1) is 10.5. The molecule has 0 saturated carbocycles. The number of carbonyl (C=O) groups excluding carboxylic acids is 1. The molecular weight excluding hydrogens is 322 g/mol. The molecule has 2 aromatic rings. The number of benzene rings is 1. The average molecular weight is 340 g/mol. The summed E-state index contributed by atoms with van der Waals surface area (Å²) in [6, 6.07) is 7.32. The highest BCUT2D eigenvalue weighted by Gasteiger charge is 2.14. The molecule has 1 atom stereocenters. The molecule has 118 valence electrons. The van der Waals surface area contributed by atoms with Gasteiger partial charge in [-0.1, -0.05) is 37.2 Å². The second kappa shape index (κ2) is 7.60. The summed E-state index contributed by atoms with van der Waals surface area (Å²) in [5.41, 5.74) is 0.799. The molecule has 0 aliphatic rings. The van der Waals surface area contributed by atoms with Crippen molar-refractivity contribution in [3.8, 4) is 5.69 Å². The number of hydrogen-bond acceptors (Lipinski definition) is 5. The molecule has 1 N–H and O–H groups in total. The summed E-state index contributed by atoms with van der Waals surface area (Å²) < 4.78 is 1.58. The predicted octanol–water partition coefficient (Wildman–Crippen LogP) is 2.57. The van der Waals surface area contributed by atoms with Crippen LogP contribution in [0.3, 0.4) is 0 Å². The van der Waals surface area contributed by atoms with Crippen LogP contribution in [0.25, 0.3) is 5.69 Å². The molecule has 22 heavy (non-hydrogen) atoms. The van der Waals surface area contributed by atoms with Crippen molar-refractivity contribution >= 4 is 29.3 Å².